The number of benzene rings is 2. The van der Waals surface area contributed by atoms with Crippen LogP contribution in [-0.4, -0.2) is 38.5 Å². The minimum atomic E-state index is -0.236. The molecule has 0 atom stereocenters. The van der Waals surface area contributed by atoms with Crippen molar-refractivity contribution in [3.63, 3.8) is 0 Å². The van der Waals surface area contributed by atoms with E-state index in [9.17, 15) is 9.18 Å². The number of nitrogens with zero attached hydrogens (tertiary/aromatic N) is 1. The van der Waals surface area contributed by atoms with Crippen LogP contribution in [0.2, 0.25) is 5.02 Å². The number of hydrogen-bond acceptors (Lipinski definition) is 2. The molecule has 5 nitrogen and oxygen atoms in total. The first-order valence-corrected chi connectivity index (χ1v) is 8.69. The fourth-order valence-electron chi connectivity index (χ4n) is 2.26. The van der Waals surface area contributed by atoms with Crippen molar-refractivity contribution < 1.29 is 9.18 Å². The van der Waals surface area contributed by atoms with E-state index >= 15 is 0 Å². The molecule has 2 rings (SSSR count). The Bertz CT molecular complexity index is 738. The number of hydrogen-bond donors (Lipinski definition) is 3. The second kappa shape index (κ2) is 12.5. The van der Waals surface area contributed by atoms with Crippen molar-refractivity contribution in [2.45, 2.75) is 6.42 Å². The third-order valence-electron chi connectivity index (χ3n) is 3.65. The van der Waals surface area contributed by atoms with E-state index in [0.29, 0.717) is 36.2 Å². The van der Waals surface area contributed by atoms with Crippen LogP contribution in [0, 0.1) is 5.82 Å². The number of carbonyl (C=O) groups is 1. The molecule has 0 bridgehead atoms. The van der Waals surface area contributed by atoms with Gasteiger partial charge in [0.2, 0.25) is 0 Å². The lowest BCUT2D eigenvalue weighted by Crippen LogP contribution is -2.42. The standard InChI is InChI=1S/C19H22ClFN4O.HI/c1-22-19(24-11-10-14-2-8-17(21)9-3-14)25-13-12-23-18(26)15-4-6-16(20)7-5-15;/h2-9H,10-13H2,1H3,(H,23,26)(H2,22,24,25);1H. The lowest BCUT2D eigenvalue weighted by Gasteiger charge is -2.12. The quantitative estimate of drug-likeness (QED) is 0.235. The molecule has 0 radical (unpaired) electrons. The molecule has 0 aliphatic carbocycles. The van der Waals surface area contributed by atoms with Crippen molar-refractivity contribution in [2.24, 2.45) is 4.99 Å². The molecule has 0 aromatic heterocycles. The van der Waals surface area contributed by atoms with Gasteiger partial charge in [0, 0.05) is 37.3 Å². The van der Waals surface area contributed by atoms with E-state index in [4.69, 9.17) is 11.6 Å². The van der Waals surface area contributed by atoms with Gasteiger partial charge in [-0.05, 0) is 48.4 Å². The van der Waals surface area contributed by atoms with E-state index in [2.05, 4.69) is 20.9 Å². The summed E-state index contributed by atoms with van der Waals surface area (Å²) in [6, 6.07) is 13.2. The van der Waals surface area contributed by atoms with Crippen molar-refractivity contribution in [3.05, 3.63) is 70.5 Å². The van der Waals surface area contributed by atoms with Crippen LogP contribution in [0.5, 0.6) is 0 Å². The second-order valence-corrected chi connectivity index (χ2v) is 6.00. The van der Waals surface area contributed by atoms with Gasteiger partial charge in [-0.3, -0.25) is 9.79 Å². The zero-order valence-corrected chi connectivity index (χ0v) is 18.1. The molecule has 0 spiro atoms. The van der Waals surface area contributed by atoms with Gasteiger partial charge >= 0.3 is 0 Å². The number of halogens is 3. The first-order valence-electron chi connectivity index (χ1n) is 8.31. The number of amides is 1. The van der Waals surface area contributed by atoms with Crippen LogP contribution in [0.15, 0.2) is 53.5 Å². The first-order chi connectivity index (χ1) is 12.6. The predicted octanol–water partition coefficient (Wildman–Crippen LogP) is 3.23. The van der Waals surface area contributed by atoms with Crippen LogP contribution < -0.4 is 16.0 Å². The molecule has 0 saturated carbocycles. The topological polar surface area (TPSA) is 65.5 Å². The molecule has 2 aromatic carbocycles. The van der Waals surface area contributed by atoms with Crippen molar-refractivity contribution in [2.75, 3.05) is 26.7 Å². The van der Waals surface area contributed by atoms with Crippen LogP contribution in [-0.2, 0) is 6.42 Å². The van der Waals surface area contributed by atoms with Gasteiger partial charge in [-0.2, -0.15) is 0 Å². The second-order valence-electron chi connectivity index (χ2n) is 5.57. The largest absolute Gasteiger partial charge is 0.356 e. The third kappa shape index (κ3) is 8.57. The number of carbonyl (C=O) groups excluding carboxylic acids is 1. The number of aliphatic imine (C=N–C) groups is 1. The molecule has 0 aliphatic rings. The summed E-state index contributed by atoms with van der Waals surface area (Å²) in [4.78, 5) is 16.1. The van der Waals surface area contributed by atoms with Gasteiger partial charge in [0.1, 0.15) is 5.82 Å². The van der Waals surface area contributed by atoms with Gasteiger partial charge < -0.3 is 16.0 Å². The van der Waals surface area contributed by atoms with E-state index in [1.807, 2.05) is 0 Å². The monoisotopic (exact) mass is 504 g/mol. The molecule has 0 fully saturated rings. The molecule has 146 valence electrons. The molecule has 3 N–H and O–H groups in total. The summed E-state index contributed by atoms with van der Waals surface area (Å²) >= 11 is 5.80. The van der Waals surface area contributed by atoms with Crippen LogP contribution in [0.25, 0.3) is 0 Å². The zero-order chi connectivity index (χ0) is 18.8. The molecular weight excluding hydrogens is 482 g/mol. The fourth-order valence-corrected chi connectivity index (χ4v) is 2.38. The highest BCUT2D eigenvalue weighted by molar-refractivity contribution is 14.0. The molecule has 0 unspecified atom stereocenters. The van der Waals surface area contributed by atoms with E-state index in [-0.39, 0.29) is 35.7 Å². The summed E-state index contributed by atoms with van der Waals surface area (Å²) in [6.45, 7) is 1.66. The van der Waals surface area contributed by atoms with Crippen molar-refractivity contribution >= 4 is 47.4 Å². The minimum absolute atomic E-state index is 0. The van der Waals surface area contributed by atoms with E-state index in [1.165, 1.54) is 12.1 Å². The highest BCUT2D eigenvalue weighted by Gasteiger charge is 2.04. The Morgan fingerprint density at radius 1 is 0.963 bits per heavy atom. The number of nitrogens with one attached hydrogen (secondary N) is 3. The van der Waals surface area contributed by atoms with Gasteiger partial charge in [-0.15, -0.1) is 24.0 Å². The molecule has 0 aliphatic heterocycles. The van der Waals surface area contributed by atoms with Gasteiger partial charge in [0.05, 0.1) is 0 Å². The minimum Gasteiger partial charge on any atom is -0.356 e. The van der Waals surface area contributed by atoms with E-state index in [1.54, 1.807) is 43.4 Å². The van der Waals surface area contributed by atoms with Gasteiger partial charge in [-0.1, -0.05) is 23.7 Å². The maximum Gasteiger partial charge on any atom is 0.251 e. The Kier molecular flexibility index (Phi) is 10.7. The molecule has 8 heteroatoms. The normalized spacial score (nSPS) is 10.7. The van der Waals surface area contributed by atoms with Crippen LogP contribution in [0.4, 0.5) is 4.39 Å². The zero-order valence-electron chi connectivity index (χ0n) is 15.0. The Hall–Kier alpha value is -1.87. The highest BCUT2D eigenvalue weighted by atomic mass is 127. The lowest BCUT2D eigenvalue weighted by atomic mass is 10.1. The number of guanidine groups is 1. The lowest BCUT2D eigenvalue weighted by molar-refractivity contribution is 0.0954. The summed E-state index contributed by atoms with van der Waals surface area (Å²) in [7, 11) is 1.68. The first kappa shape index (κ1) is 23.2. The summed E-state index contributed by atoms with van der Waals surface area (Å²) in [5, 5.41) is 9.72. The molecule has 2 aromatic rings. The SMILES string of the molecule is CN=C(NCCNC(=O)c1ccc(Cl)cc1)NCCc1ccc(F)cc1.I. The summed E-state index contributed by atoms with van der Waals surface area (Å²) in [5.41, 5.74) is 1.61. The number of rotatable bonds is 7. The van der Waals surface area contributed by atoms with Gasteiger partial charge in [-0.25, -0.2) is 4.39 Å². The average Bonchev–Trinajstić information content (AvgIpc) is 2.65. The van der Waals surface area contributed by atoms with E-state index in [0.717, 1.165) is 12.0 Å². The molecule has 0 heterocycles. The molecule has 0 saturated heterocycles. The summed E-state index contributed by atoms with van der Waals surface area (Å²) in [6.07, 6.45) is 0.758. The molecule has 27 heavy (non-hydrogen) atoms. The van der Waals surface area contributed by atoms with Crippen LogP contribution in [0.1, 0.15) is 15.9 Å². The Labute approximate surface area is 180 Å². The van der Waals surface area contributed by atoms with Crippen molar-refractivity contribution in [1.82, 2.24) is 16.0 Å². The summed E-state index contributed by atoms with van der Waals surface area (Å²) < 4.78 is 12.9. The summed E-state index contributed by atoms with van der Waals surface area (Å²) in [5.74, 6) is 0.260. The highest BCUT2D eigenvalue weighted by Crippen LogP contribution is 2.09. The Balaban J connectivity index is 0.00000364. The van der Waals surface area contributed by atoms with Crippen molar-refractivity contribution in [3.8, 4) is 0 Å². The third-order valence-corrected chi connectivity index (χ3v) is 3.90. The van der Waals surface area contributed by atoms with Crippen LogP contribution >= 0.6 is 35.6 Å². The van der Waals surface area contributed by atoms with Gasteiger partial charge in [0.25, 0.3) is 5.91 Å². The fraction of sp³-hybridized carbons (Fsp3) is 0.263. The predicted molar refractivity (Wildman–Crippen MR) is 119 cm³/mol. The smallest absolute Gasteiger partial charge is 0.251 e. The van der Waals surface area contributed by atoms with Crippen molar-refractivity contribution in [1.29, 1.82) is 0 Å². The Morgan fingerprint density at radius 3 is 2.19 bits per heavy atom. The Morgan fingerprint density at radius 2 is 1.56 bits per heavy atom. The molecule has 1 amide bonds. The molecular formula is C19H23ClFIN4O. The van der Waals surface area contributed by atoms with Gasteiger partial charge in [0.15, 0.2) is 5.96 Å². The maximum atomic E-state index is 12.9. The average molecular weight is 505 g/mol. The van der Waals surface area contributed by atoms with Crippen LogP contribution in [0.3, 0.4) is 0 Å². The maximum absolute atomic E-state index is 12.9. The van der Waals surface area contributed by atoms with E-state index < -0.39 is 0 Å².